The first-order valence-corrected chi connectivity index (χ1v) is 4.87. The maximum Gasteiger partial charge on any atom is 0.222 e. The van der Waals surface area contributed by atoms with Crippen molar-refractivity contribution in [2.24, 2.45) is 0 Å². The Bertz CT molecular complexity index is 374. The average molecular weight is 226 g/mol. The Hall–Kier alpha value is -1.26. The molecular weight excluding hydrogens is 211 g/mol. The number of ketones is 1. The van der Waals surface area contributed by atoms with Gasteiger partial charge in [0.25, 0.3) is 0 Å². The van der Waals surface area contributed by atoms with Crippen molar-refractivity contribution >= 4 is 5.78 Å². The van der Waals surface area contributed by atoms with Gasteiger partial charge in [-0.05, 0) is 31.0 Å². The highest BCUT2D eigenvalue weighted by Gasteiger charge is 2.24. The average Bonchev–Trinajstić information content (AvgIpc) is 2.17. The minimum atomic E-state index is -1.06. The number of Topliss-reactive ketones (excluding diaryl/α,β-unsaturated/α-hetero) is 1. The fourth-order valence-electron chi connectivity index (χ4n) is 1.66. The molecule has 1 aromatic carbocycles. The Labute approximate surface area is 94.2 Å². The van der Waals surface area contributed by atoms with Gasteiger partial charge in [0, 0.05) is 14.2 Å². The summed E-state index contributed by atoms with van der Waals surface area (Å²) in [5, 5.41) is 0. The van der Waals surface area contributed by atoms with Gasteiger partial charge in [-0.25, -0.2) is 4.39 Å². The van der Waals surface area contributed by atoms with E-state index in [9.17, 15) is 9.18 Å². The van der Waals surface area contributed by atoms with Crippen LogP contribution in [0.4, 0.5) is 4.39 Å². The maximum absolute atomic E-state index is 13.7. The van der Waals surface area contributed by atoms with Crippen LogP contribution >= 0.6 is 0 Å². The summed E-state index contributed by atoms with van der Waals surface area (Å²) in [4.78, 5) is 11.9. The zero-order chi connectivity index (χ0) is 12.3. The van der Waals surface area contributed by atoms with Gasteiger partial charge in [-0.15, -0.1) is 0 Å². The minimum absolute atomic E-state index is 0.0271. The molecule has 0 fully saturated rings. The van der Waals surface area contributed by atoms with E-state index in [1.54, 1.807) is 19.9 Å². The van der Waals surface area contributed by atoms with E-state index in [0.29, 0.717) is 5.56 Å². The van der Waals surface area contributed by atoms with Crippen molar-refractivity contribution in [1.29, 1.82) is 0 Å². The van der Waals surface area contributed by atoms with Gasteiger partial charge in [-0.3, -0.25) is 4.79 Å². The van der Waals surface area contributed by atoms with Crippen LogP contribution in [0.15, 0.2) is 12.1 Å². The molecule has 0 aromatic heterocycles. The first-order valence-electron chi connectivity index (χ1n) is 4.87. The SMILES string of the molecule is COC(OC)C(=O)c1c(C)cc(C)cc1F. The van der Waals surface area contributed by atoms with Crippen LogP contribution in [0.2, 0.25) is 0 Å². The van der Waals surface area contributed by atoms with Crippen LogP contribution in [-0.2, 0) is 9.47 Å². The number of carbonyl (C=O) groups is 1. The summed E-state index contributed by atoms with van der Waals surface area (Å²) in [5.74, 6) is -1.04. The molecule has 0 saturated carbocycles. The zero-order valence-corrected chi connectivity index (χ0v) is 9.83. The number of hydrogen-bond acceptors (Lipinski definition) is 3. The van der Waals surface area contributed by atoms with Gasteiger partial charge in [0.1, 0.15) is 5.82 Å². The summed E-state index contributed by atoms with van der Waals surface area (Å²) in [5.41, 5.74) is 1.39. The van der Waals surface area contributed by atoms with Crippen molar-refractivity contribution in [1.82, 2.24) is 0 Å². The van der Waals surface area contributed by atoms with Crippen LogP contribution in [-0.4, -0.2) is 26.3 Å². The Morgan fingerprint density at radius 1 is 1.25 bits per heavy atom. The number of hydrogen-bond donors (Lipinski definition) is 0. The number of methoxy groups -OCH3 is 2. The van der Waals surface area contributed by atoms with Gasteiger partial charge in [-0.1, -0.05) is 6.07 Å². The monoisotopic (exact) mass is 226 g/mol. The molecule has 0 bridgehead atoms. The molecule has 0 aliphatic carbocycles. The van der Waals surface area contributed by atoms with Gasteiger partial charge in [-0.2, -0.15) is 0 Å². The first-order chi connectivity index (χ1) is 7.51. The molecule has 3 nitrogen and oxygen atoms in total. The lowest BCUT2D eigenvalue weighted by atomic mass is 10.0. The lowest BCUT2D eigenvalue weighted by molar-refractivity contribution is -0.0744. The fraction of sp³-hybridized carbons (Fsp3) is 0.417. The van der Waals surface area contributed by atoms with Crippen LogP contribution in [0.1, 0.15) is 21.5 Å². The molecule has 0 aliphatic rings. The third kappa shape index (κ3) is 2.46. The zero-order valence-electron chi connectivity index (χ0n) is 9.83. The quantitative estimate of drug-likeness (QED) is 0.583. The van der Waals surface area contributed by atoms with E-state index in [2.05, 4.69) is 0 Å². The standard InChI is InChI=1S/C12H15FO3/c1-7-5-8(2)10(9(13)6-7)11(14)12(15-3)16-4/h5-6,12H,1-4H3. The van der Waals surface area contributed by atoms with E-state index in [1.807, 2.05) is 0 Å². The molecule has 0 aliphatic heterocycles. The first kappa shape index (κ1) is 12.8. The lowest BCUT2D eigenvalue weighted by Gasteiger charge is -2.14. The predicted molar refractivity (Wildman–Crippen MR) is 58.0 cm³/mol. The number of benzene rings is 1. The largest absolute Gasteiger partial charge is 0.349 e. The summed E-state index contributed by atoms with van der Waals surface area (Å²) in [6.45, 7) is 3.46. The van der Waals surface area contributed by atoms with E-state index < -0.39 is 17.9 Å². The molecule has 0 atom stereocenters. The minimum Gasteiger partial charge on any atom is -0.349 e. The Morgan fingerprint density at radius 3 is 2.25 bits per heavy atom. The molecule has 4 heteroatoms. The van der Waals surface area contributed by atoms with Crippen LogP contribution in [0.25, 0.3) is 0 Å². The van der Waals surface area contributed by atoms with E-state index in [1.165, 1.54) is 20.3 Å². The van der Waals surface area contributed by atoms with E-state index >= 15 is 0 Å². The van der Waals surface area contributed by atoms with E-state index in [-0.39, 0.29) is 5.56 Å². The molecule has 0 N–H and O–H groups in total. The van der Waals surface area contributed by atoms with Crippen LogP contribution in [0, 0.1) is 19.7 Å². The van der Waals surface area contributed by atoms with Crippen LogP contribution in [0.3, 0.4) is 0 Å². The summed E-state index contributed by atoms with van der Waals surface area (Å²) in [7, 11) is 2.68. The van der Waals surface area contributed by atoms with Crippen molar-refractivity contribution < 1.29 is 18.7 Å². The predicted octanol–water partition coefficient (Wildman–Crippen LogP) is 2.24. The number of halogens is 1. The second kappa shape index (κ2) is 5.18. The Morgan fingerprint density at radius 2 is 1.81 bits per heavy atom. The molecular formula is C12H15FO3. The summed E-state index contributed by atoms with van der Waals surface area (Å²) >= 11 is 0. The summed E-state index contributed by atoms with van der Waals surface area (Å²) in [6.07, 6.45) is -1.06. The maximum atomic E-state index is 13.7. The van der Waals surface area contributed by atoms with Crippen LogP contribution < -0.4 is 0 Å². The van der Waals surface area contributed by atoms with Crippen LogP contribution in [0.5, 0.6) is 0 Å². The summed E-state index contributed by atoms with van der Waals surface area (Å²) in [6, 6.07) is 3.07. The third-order valence-corrected chi connectivity index (χ3v) is 2.32. The van der Waals surface area contributed by atoms with Crippen molar-refractivity contribution in [2.75, 3.05) is 14.2 Å². The molecule has 1 aromatic rings. The van der Waals surface area contributed by atoms with Gasteiger partial charge in [0.05, 0.1) is 5.56 Å². The van der Waals surface area contributed by atoms with Gasteiger partial charge in [0.2, 0.25) is 12.1 Å². The molecule has 0 amide bonds. The molecule has 0 unspecified atom stereocenters. The number of carbonyl (C=O) groups excluding carboxylic acids is 1. The second-order valence-electron chi connectivity index (χ2n) is 3.61. The Balaban J connectivity index is 3.18. The van der Waals surface area contributed by atoms with Crippen molar-refractivity contribution in [3.63, 3.8) is 0 Å². The van der Waals surface area contributed by atoms with E-state index in [4.69, 9.17) is 9.47 Å². The van der Waals surface area contributed by atoms with Gasteiger partial charge >= 0.3 is 0 Å². The highest BCUT2D eigenvalue weighted by molar-refractivity contribution is 6.00. The summed E-state index contributed by atoms with van der Waals surface area (Å²) < 4.78 is 23.3. The molecule has 88 valence electrons. The van der Waals surface area contributed by atoms with Crippen molar-refractivity contribution in [2.45, 2.75) is 20.1 Å². The van der Waals surface area contributed by atoms with E-state index in [0.717, 1.165) is 5.56 Å². The molecule has 0 radical (unpaired) electrons. The molecule has 0 heterocycles. The highest BCUT2D eigenvalue weighted by atomic mass is 19.1. The molecule has 0 saturated heterocycles. The smallest absolute Gasteiger partial charge is 0.222 e. The normalized spacial score (nSPS) is 10.9. The molecule has 16 heavy (non-hydrogen) atoms. The number of rotatable bonds is 4. The number of ether oxygens (including phenoxy) is 2. The van der Waals surface area contributed by atoms with Crippen molar-refractivity contribution in [3.8, 4) is 0 Å². The number of aryl methyl sites for hydroxylation is 2. The lowest BCUT2D eigenvalue weighted by Crippen LogP contribution is -2.26. The molecule has 1 rings (SSSR count). The highest BCUT2D eigenvalue weighted by Crippen LogP contribution is 2.18. The van der Waals surface area contributed by atoms with Gasteiger partial charge in [0.15, 0.2) is 0 Å². The van der Waals surface area contributed by atoms with Crippen molar-refractivity contribution in [3.05, 3.63) is 34.6 Å². The second-order valence-corrected chi connectivity index (χ2v) is 3.61. The topological polar surface area (TPSA) is 35.5 Å². The molecule has 0 spiro atoms. The Kier molecular flexibility index (Phi) is 4.15. The fourth-order valence-corrected chi connectivity index (χ4v) is 1.66. The third-order valence-electron chi connectivity index (χ3n) is 2.32. The van der Waals surface area contributed by atoms with Gasteiger partial charge < -0.3 is 9.47 Å².